The Morgan fingerprint density at radius 1 is 1.23 bits per heavy atom. The van der Waals surface area contributed by atoms with Crippen molar-refractivity contribution in [3.8, 4) is 0 Å². The Bertz CT molecular complexity index is 396. The van der Waals surface area contributed by atoms with Gasteiger partial charge in [-0.3, -0.25) is 0 Å². The van der Waals surface area contributed by atoms with Crippen molar-refractivity contribution in [2.75, 3.05) is 6.26 Å². The number of hydrogen-bond donors (Lipinski definition) is 0. The van der Waals surface area contributed by atoms with Crippen molar-refractivity contribution >= 4 is 9.84 Å². The van der Waals surface area contributed by atoms with Crippen LogP contribution in [0.25, 0.3) is 0 Å². The molecule has 2 atom stereocenters. The summed E-state index contributed by atoms with van der Waals surface area (Å²) in [5, 5.41) is 0. The van der Waals surface area contributed by atoms with Crippen molar-refractivity contribution in [3.63, 3.8) is 0 Å². The van der Waals surface area contributed by atoms with Crippen molar-refractivity contribution in [1.29, 1.82) is 0 Å². The SMILES string of the molecule is CS(=O)(=O)[C@@H]1O[C@H]1c1ccccc1. The number of sulfone groups is 1. The van der Waals surface area contributed by atoms with E-state index in [0.29, 0.717) is 0 Å². The highest BCUT2D eigenvalue weighted by Crippen LogP contribution is 2.41. The van der Waals surface area contributed by atoms with E-state index in [4.69, 9.17) is 4.74 Å². The van der Waals surface area contributed by atoms with E-state index in [-0.39, 0.29) is 6.10 Å². The number of ether oxygens (including phenoxy) is 1. The van der Waals surface area contributed by atoms with Crippen molar-refractivity contribution in [3.05, 3.63) is 35.9 Å². The molecule has 0 N–H and O–H groups in total. The van der Waals surface area contributed by atoms with Crippen LogP contribution in [0.15, 0.2) is 30.3 Å². The number of hydrogen-bond acceptors (Lipinski definition) is 3. The van der Waals surface area contributed by atoms with E-state index in [2.05, 4.69) is 0 Å². The molecule has 0 bridgehead atoms. The van der Waals surface area contributed by atoms with Gasteiger partial charge in [0.15, 0.2) is 15.3 Å². The maximum Gasteiger partial charge on any atom is 0.189 e. The molecular weight excluding hydrogens is 188 g/mol. The maximum absolute atomic E-state index is 11.1. The summed E-state index contributed by atoms with van der Waals surface area (Å²) < 4.78 is 27.2. The van der Waals surface area contributed by atoms with Gasteiger partial charge < -0.3 is 4.74 Å². The van der Waals surface area contributed by atoms with Crippen LogP contribution in [0.5, 0.6) is 0 Å². The van der Waals surface area contributed by atoms with Gasteiger partial charge in [-0.25, -0.2) is 8.42 Å². The molecule has 1 aromatic carbocycles. The van der Waals surface area contributed by atoms with Crippen LogP contribution in [0, 0.1) is 0 Å². The van der Waals surface area contributed by atoms with Gasteiger partial charge in [-0.15, -0.1) is 0 Å². The molecule has 0 amide bonds. The van der Waals surface area contributed by atoms with Gasteiger partial charge >= 0.3 is 0 Å². The molecule has 2 rings (SSSR count). The lowest BCUT2D eigenvalue weighted by atomic mass is 10.2. The molecule has 1 aromatic rings. The third kappa shape index (κ3) is 1.73. The van der Waals surface area contributed by atoms with Crippen LogP contribution in [-0.2, 0) is 14.6 Å². The minimum absolute atomic E-state index is 0.254. The van der Waals surface area contributed by atoms with Gasteiger partial charge in [0.1, 0.15) is 6.10 Å². The van der Waals surface area contributed by atoms with Gasteiger partial charge in [0.05, 0.1) is 0 Å². The molecule has 4 heteroatoms. The Morgan fingerprint density at radius 2 is 1.85 bits per heavy atom. The molecule has 0 unspecified atom stereocenters. The monoisotopic (exact) mass is 198 g/mol. The lowest BCUT2D eigenvalue weighted by molar-refractivity contribution is 0.399. The van der Waals surface area contributed by atoms with E-state index >= 15 is 0 Å². The second-order valence-electron chi connectivity index (χ2n) is 3.17. The lowest BCUT2D eigenvalue weighted by Gasteiger charge is -1.92. The zero-order valence-electron chi connectivity index (χ0n) is 7.17. The summed E-state index contributed by atoms with van der Waals surface area (Å²) in [5.41, 5.74) is 0.299. The summed E-state index contributed by atoms with van der Waals surface area (Å²) in [5.74, 6) is 0. The third-order valence-electron chi connectivity index (χ3n) is 2.00. The average molecular weight is 198 g/mol. The minimum Gasteiger partial charge on any atom is -0.347 e. The Balaban J connectivity index is 2.18. The fraction of sp³-hybridized carbons (Fsp3) is 0.333. The van der Waals surface area contributed by atoms with Crippen LogP contribution in [0.3, 0.4) is 0 Å². The molecule has 3 nitrogen and oxygen atoms in total. The summed E-state index contributed by atoms with van der Waals surface area (Å²) >= 11 is 0. The van der Waals surface area contributed by atoms with Crippen molar-refractivity contribution < 1.29 is 13.2 Å². The normalized spacial score (nSPS) is 27.2. The van der Waals surface area contributed by atoms with Crippen LogP contribution >= 0.6 is 0 Å². The first-order chi connectivity index (χ1) is 6.09. The van der Waals surface area contributed by atoms with E-state index in [0.717, 1.165) is 5.56 Å². The quantitative estimate of drug-likeness (QED) is 0.669. The van der Waals surface area contributed by atoms with Crippen molar-refractivity contribution in [2.45, 2.75) is 11.5 Å². The number of epoxide rings is 1. The second kappa shape index (κ2) is 2.82. The molecule has 0 saturated carbocycles. The van der Waals surface area contributed by atoms with E-state index < -0.39 is 15.3 Å². The van der Waals surface area contributed by atoms with Crippen molar-refractivity contribution in [2.24, 2.45) is 0 Å². The van der Waals surface area contributed by atoms with E-state index in [9.17, 15) is 8.42 Å². The smallest absolute Gasteiger partial charge is 0.189 e. The average Bonchev–Trinajstić information content (AvgIpc) is 2.83. The first-order valence-electron chi connectivity index (χ1n) is 3.98. The van der Waals surface area contributed by atoms with E-state index in [1.807, 2.05) is 30.3 Å². The van der Waals surface area contributed by atoms with Crippen LogP contribution in [0.2, 0.25) is 0 Å². The fourth-order valence-corrected chi connectivity index (χ4v) is 2.23. The molecular formula is C9H10O3S. The molecule has 70 valence electrons. The molecule has 0 aliphatic carbocycles. The number of rotatable bonds is 2. The summed E-state index contributed by atoms with van der Waals surface area (Å²) in [7, 11) is -3.05. The van der Waals surface area contributed by atoms with Crippen LogP contribution in [-0.4, -0.2) is 20.1 Å². The highest BCUT2D eigenvalue weighted by molar-refractivity contribution is 7.91. The highest BCUT2D eigenvalue weighted by Gasteiger charge is 2.47. The number of benzene rings is 1. The van der Waals surface area contributed by atoms with Gasteiger partial charge in [0, 0.05) is 6.26 Å². The molecule has 1 aliphatic rings. The molecule has 13 heavy (non-hydrogen) atoms. The van der Waals surface area contributed by atoms with Gasteiger partial charge in [0.25, 0.3) is 0 Å². The summed E-state index contributed by atoms with van der Waals surface area (Å²) in [6.45, 7) is 0. The Labute approximate surface area is 77.3 Å². The van der Waals surface area contributed by atoms with E-state index in [1.165, 1.54) is 6.26 Å². The fourth-order valence-electron chi connectivity index (χ4n) is 1.30. The Kier molecular flexibility index (Phi) is 1.89. The summed E-state index contributed by atoms with van der Waals surface area (Å²) in [6, 6.07) is 9.37. The Morgan fingerprint density at radius 3 is 2.31 bits per heavy atom. The standard InChI is InChI=1S/C9H10O3S/c1-13(10,11)9-8(12-9)7-5-3-2-4-6-7/h2-6,8-9H,1H3/t8-,9-/m0/s1. The van der Waals surface area contributed by atoms with Crippen LogP contribution in [0.1, 0.15) is 11.7 Å². The summed E-state index contributed by atoms with van der Waals surface area (Å²) in [4.78, 5) is 0. The first kappa shape index (κ1) is 8.72. The predicted octanol–water partition coefficient (Wildman–Crippen LogP) is 1.13. The Hall–Kier alpha value is -0.870. The molecule has 1 heterocycles. The molecule has 0 aromatic heterocycles. The molecule has 0 spiro atoms. The van der Waals surface area contributed by atoms with Crippen LogP contribution < -0.4 is 0 Å². The maximum atomic E-state index is 11.1. The van der Waals surface area contributed by atoms with Gasteiger partial charge in [-0.1, -0.05) is 30.3 Å². The van der Waals surface area contributed by atoms with Crippen molar-refractivity contribution in [1.82, 2.24) is 0 Å². The summed E-state index contributed by atoms with van der Waals surface area (Å²) in [6.07, 6.45) is 0.942. The zero-order chi connectivity index (χ0) is 9.47. The topological polar surface area (TPSA) is 46.7 Å². The first-order valence-corrected chi connectivity index (χ1v) is 5.94. The van der Waals surface area contributed by atoms with Gasteiger partial charge in [-0.2, -0.15) is 0 Å². The zero-order valence-corrected chi connectivity index (χ0v) is 7.99. The minimum atomic E-state index is -3.05. The highest BCUT2D eigenvalue weighted by atomic mass is 32.2. The van der Waals surface area contributed by atoms with Crippen LogP contribution in [0.4, 0.5) is 0 Å². The molecule has 1 saturated heterocycles. The molecule has 1 fully saturated rings. The molecule has 1 aliphatic heterocycles. The van der Waals surface area contributed by atoms with Gasteiger partial charge in [0.2, 0.25) is 0 Å². The largest absolute Gasteiger partial charge is 0.347 e. The lowest BCUT2D eigenvalue weighted by Crippen LogP contribution is -2.05. The molecule has 0 radical (unpaired) electrons. The predicted molar refractivity (Wildman–Crippen MR) is 48.9 cm³/mol. The third-order valence-corrected chi connectivity index (χ3v) is 3.20. The van der Waals surface area contributed by atoms with E-state index in [1.54, 1.807) is 0 Å². The second-order valence-corrected chi connectivity index (χ2v) is 5.29. The van der Waals surface area contributed by atoms with Gasteiger partial charge in [-0.05, 0) is 5.56 Å².